The summed E-state index contributed by atoms with van der Waals surface area (Å²) in [6.07, 6.45) is 9.52. The lowest BCUT2D eigenvalue weighted by Gasteiger charge is -2.62. The van der Waals surface area contributed by atoms with E-state index in [0.717, 1.165) is 25.7 Å². The van der Waals surface area contributed by atoms with Crippen molar-refractivity contribution in [1.29, 1.82) is 0 Å². The first-order chi connectivity index (χ1) is 6.29. The maximum Gasteiger partial charge on any atom is 0.316 e. The van der Waals surface area contributed by atoms with E-state index in [4.69, 9.17) is 4.74 Å². The third kappa shape index (κ3) is 0.733. The van der Waals surface area contributed by atoms with Crippen molar-refractivity contribution in [3.05, 3.63) is 0 Å². The van der Waals surface area contributed by atoms with Crippen LogP contribution in [-0.2, 0) is 9.53 Å². The average Bonchev–Trinajstić information content (AvgIpc) is 2.12. The van der Waals surface area contributed by atoms with Gasteiger partial charge in [-0.3, -0.25) is 4.79 Å². The van der Waals surface area contributed by atoms with Gasteiger partial charge in [-0.2, -0.15) is 0 Å². The lowest BCUT2D eigenvalue weighted by atomic mass is 9.52. The molecule has 0 aromatic heterocycles. The summed E-state index contributed by atoms with van der Waals surface area (Å²) < 4.78 is 5.42. The van der Waals surface area contributed by atoms with Crippen LogP contribution in [0.4, 0.5) is 0 Å². The van der Waals surface area contributed by atoms with Gasteiger partial charge in [0, 0.05) is 0 Å². The summed E-state index contributed by atoms with van der Waals surface area (Å²) in [6, 6.07) is 0. The van der Waals surface area contributed by atoms with Gasteiger partial charge in [-0.25, -0.2) is 0 Å². The summed E-state index contributed by atoms with van der Waals surface area (Å²) in [5.74, 6) is 0.118. The van der Waals surface area contributed by atoms with Crippen molar-refractivity contribution >= 4 is 5.97 Å². The molecule has 1 heterocycles. The van der Waals surface area contributed by atoms with Gasteiger partial charge in [0.1, 0.15) is 11.0 Å². The van der Waals surface area contributed by atoms with Gasteiger partial charge in [0.15, 0.2) is 0 Å². The lowest BCUT2D eigenvalue weighted by molar-refractivity contribution is -0.273. The highest BCUT2D eigenvalue weighted by Gasteiger charge is 2.70. The normalized spacial score (nSPS) is 33.7. The molecule has 0 aromatic rings. The fourth-order valence-electron chi connectivity index (χ4n) is 3.41. The quantitative estimate of drug-likeness (QED) is 0.535. The molecule has 0 N–H and O–H groups in total. The van der Waals surface area contributed by atoms with E-state index in [-0.39, 0.29) is 17.0 Å². The zero-order valence-corrected chi connectivity index (χ0v) is 7.97. The van der Waals surface area contributed by atoms with E-state index in [1.807, 2.05) is 0 Å². The van der Waals surface area contributed by atoms with Crippen molar-refractivity contribution in [3.63, 3.8) is 0 Å². The van der Waals surface area contributed by atoms with Gasteiger partial charge in [0.2, 0.25) is 0 Å². The fourth-order valence-corrected chi connectivity index (χ4v) is 3.41. The lowest BCUT2D eigenvalue weighted by Crippen LogP contribution is -2.70. The Morgan fingerprint density at radius 3 is 2.08 bits per heavy atom. The second kappa shape index (κ2) is 2.28. The predicted octanol–water partition coefficient (Wildman–Crippen LogP) is 2.42. The van der Waals surface area contributed by atoms with Gasteiger partial charge in [-0.15, -0.1) is 0 Å². The summed E-state index contributed by atoms with van der Waals surface area (Å²) >= 11 is 0. The summed E-state index contributed by atoms with van der Waals surface area (Å²) in [7, 11) is 0. The van der Waals surface area contributed by atoms with E-state index >= 15 is 0 Å². The molecular formula is C11H16O2. The first-order valence-corrected chi connectivity index (χ1v) is 5.53. The van der Waals surface area contributed by atoms with Crippen LogP contribution in [0.3, 0.4) is 0 Å². The molecule has 0 bridgehead atoms. The predicted molar refractivity (Wildman–Crippen MR) is 48.2 cm³/mol. The Balaban J connectivity index is 1.89. The number of ether oxygens (including phenoxy) is 1. The molecule has 3 fully saturated rings. The van der Waals surface area contributed by atoms with Gasteiger partial charge in [-0.1, -0.05) is 19.3 Å². The number of hydrogen-bond donors (Lipinski definition) is 0. The molecule has 13 heavy (non-hydrogen) atoms. The molecule has 1 aliphatic heterocycles. The second-order valence-electron chi connectivity index (χ2n) is 4.88. The number of carbonyl (C=O) groups is 1. The van der Waals surface area contributed by atoms with Crippen LogP contribution in [0.15, 0.2) is 0 Å². The van der Waals surface area contributed by atoms with Crippen LogP contribution in [0.25, 0.3) is 0 Å². The van der Waals surface area contributed by atoms with Crippen LogP contribution < -0.4 is 0 Å². The van der Waals surface area contributed by atoms with Gasteiger partial charge in [-0.05, 0) is 32.1 Å². The highest BCUT2D eigenvalue weighted by atomic mass is 16.6. The second-order valence-corrected chi connectivity index (χ2v) is 4.88. The Bertz CT molecular complexity index is 247. The van der Waals surface area contributed by atoms with Crippen LogP contribution in [0.1, 0.15) is 51.4 Å². The van der Waals surface area contributed by atoms with E-state index in [9.17, 15) is 4.79 Å². The molecule has 0 radical (unpaired) electrons. The minimum Gasteiger partial charge on any atom is -0.457 e. The zero-order valence-electron chi connectivity index (χ0n) is 7.97. The van der Waals surface area contributed by atoms with Crippen molar-refractivity contribution in [2.24, 2.45) is 5.41 Å². The van der Waals surface area contributed by atoms with Crippen LogP contribution in [-0.4, -0.2) is 11.6 Å². The van der Waals surface area contributed by atoms with Crippen LogP contribution in [0.2, 0.25) is 0 Å². The summed E-state index contributed by atoms with van der Waals surface area (Å²) in [6.45, 7) is 0. The Kier molecular flexibility index (Phi) is 1.38. The highest BCUT2D eigenvalue weighted by molar-refractivity contribution is 5.85. The van der Waals surface area contributed by atoms with Gasteiger partial charge >= 0.3 is 5.97 Å². The maximum atomic E-state index is 11.6. The number of rotatable bonds is 0. The van der Waals surface area contributed by atoms with Crippen LogP contribution >= 0.6 is 0 Å². The molecule has 0 amide bonds. The molecule has 2 saturated carbocycles. The molecule has 72 valence electrons. The molecule has 0 unspecified atom stereocenters. The number of hydrogen-bond acceptors (Lipinski definition) is 2. The molecule has 0 aromatic carbocycles. The average molecular weight is 180 g/mol. The van der Waals surface area contributed by atoms with Crippen molar-refractivity contribution < 1.29 is 9.53 Å². The van der Waals surface area contributed by atoms with E-state index < -0.39 is 0 Å². The van der Waals surface area contributed by atoms with Gasteiger partial charge in [0.25, 0.3) is 0 Å². The largest absolute Gasteiger partial charge is 0.457 e. The van der Waals surface area contributed by atoms with E-state index in [1.165, 1.54) is 25.7 Å². The monoisotopic (exact) mass is 180 g/mol. The van der Waals surface area contributed by atoms with Gasteiger partial charge < -0.3 is 4.74 Å². The molecular weight excluding hydrogens is 164 g/mol. The summed E-state index contributed by atoms with van der Waals surface area (Å²) in [5, 5.41) is 0. The molecule has 2 nitrogen and oxygen atoms in total. The van der Waals surface area contributed by atoms with Crippen molar-refractivity contribution in [3.8, 4) is 0 Å². The first kappa shape index (κ1) is 7.84. The zero-order chi connectivity index (χ0) is 8.94. The van der Waals surface area contributed by atoms with E-state index in [0.29, 0.717) is 0 Å². The Hall–Kier alpha value is -0.530. The summed E-state index contributed by atoms with van der Waals surface area (Å²) in [4.78, 5) is 11.6. The maximum absolute atomic E-state index is 11.6. The Morgan fingerprint density at radius 1 is 0.923 bits per heavy atom. The smallest absolute Gasteiger partial charge is 0.316 e. The molecule has 2 heteroatoms. The first-order valence-electron chi connectivity index (χ1n) is 5.53. The van der Waals surface area contributed by atoms with Gasteiger partial charge in [0.05, 0.1) is 0 Å². The van der Waals surface area contributed by atoms with Crippen molar-refractivity contribution in [2.45, 2.75) is 57.0 Å². The highest BCUT2D eigenvalue weighted by Crippen LogP contribution is 2.63. The number of fused-ring (bicyclic) bond motifs is 1. The third-order valence-electron chi connectivity index (χ3n) is 4.42. The molecule has 3 aliphatic rings. The Morgan fingerprint density at radius 2 is 1.62 bits per heavy atom. The third-order valence-corrected chi connectivity index (χ3v) is 4.42. The minimum absolute atomic E-state index is 0.0104. The fraction of sp³-hybridized carbons (Fsp3) is 0.909. The summed E-state index contributed by atoms with van der Waals surface area (Å²) in [5.41, 5.74) is 0.0218. The standard InChI is InChI=1S/C11H16O2/c12-9-10(5-2-1-3-6-10)11(13-9)7-4-8-11/h1-8H2. The molecule has 1 saturated heterocycles. The Labute approximate surface area is 78.6 Å². The van der Waals surface area contributed by atoms with Crippen LogP contribution in [0, 0.1) is 5.41 Å². The molecule has 3 rings (SSSR count). The SMILES string of the molecule is O=C1OC2(CCC2)C12CCCCC2. The van der Waals surface area contributed by atoms with E-state index in [1.54, 1.807) is 0 Å². The number of esters is 1. The van der Waals surface area contributed by atoms with Crippen LogP contribution in [0.5, 0.6) is 0 Å². The molecule has 2 spiro atoms. The number of carbonyl (C=O) groups excluding carboxylic acids is 1. The topological polar surface area (TPSA) is 26.3 Å². The van der Waals surface area contributed by atoms with Crippen molar-refractivity contribution in [2.75, 3.05) is 0 Å². The van der Waals surface area contributed by atoms with Crippen molar-refractivity contribution in [1.82, 2.24) is 0 Å². The molecule has 2 aliphatic carbocycles. The minimum atomic E-state index is -0.0104. The molecule has 0 atom stereocenters. The van der Waals surface area contributed by atoms with E-state index in [2.05, 4.69) is 0 Å².